The summed E-state index contributed by atoms with van der Waals surface area (Å²) in [6.07, 6.45) is 0. The number of rotatable bonds is 5. The smallest absolute Gasteiger partial charge is 0.331 e. The van der Waals surface area contributed by atoms with Crippen LogP contribution in [-0.4, -0.2) is 35.1 Å². The number of halogens is 1. The van der Waals surface area contributed by atoms with Crippen molar-refractivity contribution < 1.29 is 14.7 Å². The van der Waals surface area contributed by atoms with Crippen molar-refractivity contribution in [2.45, 2.75) is 19.9 Å². The summed E-state index contributed by atoms with van der Waals surface area (Å²) in [5.74, 6) is -1.14. The van der Waals surface area contributed by atoms with Gasteiger partial charge in [0.05, 0.1) is 0 Å². The Labute approximate surface area is 117 Å². The molecule has 19 heavy (non-hydrogen) atoms. The molecule has 0 aromatic heterocycles. The van der Waals surface area contributed by atoms with Crippen molar-refractivity contribution in [1.29, 1.82) is 0 Å². The number of carbonyl (C=O) groups excluding carboxylic acids is 1. The summed E-state index contributed by atoms with van der Waals surface area (Å²) in [7, 11) is 0. The average molecular weight is 285 g/mol. The Kier molecular flexibility index (Phi) is 5.63. The number of nitrogens with one attached hydrogen (secondary N) is 1. The standard InChI is InChI=1S/C13H17ClN2O3/c1-3-16(4-2)13(19)15-11(12(17)18)9-7-5-6-8-10(9)14/h5-8,11H,3-4H2,1-2H3,(H,15,19)(H,17,18)/t11-/m1/s1. The van der Waals surface area contributed by atoms with Gasteiger partial charge in [-0.25, -0.2) is 9.59 Å². The zero-order valence-corrected chi connectivity index (χ0v) is 11.6. The highest BCUT2D eigenvalue weighted by atomic mass is 35.5. The summed E-state index contributed by atoms with van der Waals surface area (Å²) in [4.78, 5) is 24.7. The molecule has 0 aliphatic heterocycles. The molecule has 0 spiro atoms. The largest absolute Gasteiger partial charge is 0.479 e. The van der Waals surface area contributed by atoms with Crippen molar-refractivity contribution in [3.63, 3.8) is 0 Å². The quantitative estimate of drug-likeness (QED) is 0.873. The summed E-state index contributed by atoms with van der Waals surface area (Å²) in [5.41, 5.74) is 0.372. The van der Waals surface area contributed by atoms with Gasteiger partial charge in [0.25, 0.3) is 0 Å². The van der Waals surface area contributed by atoms with Crippen LogP contribution in [0.1, 0.15) is 25.5 Å². The van der Waals surface area contributed by atoms with Crippen LogP contribution >= 0.6 is 11.6 Å². The van der Waals surface area contributed by atoms with E-state index in [4.69, 9.17) is 11.6 Å². The first-order valence-electron chi connectivity index (χ1n) is 6.03. The molecule has 5 nitrogen and oxygen atoms in total. The van der Waals surface area contributed by atoms with E-state index in [-0.39, 0.29) is 0 Å². The lowest BCUT2D eigenvalue weighted by Gasteiger charge is -2.23. The summed E-state index contributed by atoms with van der Waals surface area (Å²) < 4.78 is 0. The fraction of sp³-hybridized carbons (Fsp3) is 0.385. The molecule has 0 aliphatic rings. The molecule has 0 saturated heterocycles. The van der Waals surface area contributed by atoms with Gasteiger partial charge < -0.3 is 15.3 Å². The van der Waals surface area contributed by atoms with Crippen LogP contribution in [0, 0.1) is 0 Å². The van der Waals surface area contributed by atoms with Crippen molar-refractivity contribution in [2.24, 2.45) is 0 Å². The van der Waals surface area contributed by atoms with E-state index >= 15 is 0 Å². The number of carbonyl (C=O) groups is 2. The molecule has 0 aliphatic carbocycles. The lowest BCUT2D eigenvalue weighted by atomic mass is 10.1. The number of hydrogen-bond acceptors (Lipinski definition) is 2. The van der Waals surface area contributed by atoms with Gasteiger partial charge in [-0.1, -0.05) is 29.8 Å². The molecule has 1 aromatic rings. The van der Waals surface area contributed by atoms with Gasteiger partial charge in [-0.2, -0.15) is 0 Å². The molecule has 1 aromatic carbocycles. The number of carboxylic acids is 1. The number of carboxylic acid groups (broad SMARTS) is 1. The molecule has 0 saturated carbocycles. The van der Waals surface area contributed by atoms with Gasteiger partial charge in [-0.05, 0) is 19.9 Å². The molecule has 0 fully saturated rings. The monoisotopic (exact) mass is 284 g/mol. The van der Waals surface area contributed by atoms with Crippen LogP contribution in [0.5, 0.6) is 0 Å². The van der Waals surface area contributed by atoms with Gasteiger partial charge in [0, 0.05) is 23.7 Å². The number of aliphatic carboxylic acids is 1. The Hall–Kier alpha value is -1.75. The first-order valence-corrected chi connectivity index (χ1v) is 6.41. The molecule has 0 radical (unpaired) electrons. The van der Waals surface area contributed by atoms with Crippen molar-refractivity contribution in [3.05, 3.63) is 34.9 Å². The van der Waals surface area contributed by atoms with Crippen LogP contribution in [-0.2, 0) is 4.79 Å². The van der Waals surface area contributed by atoms with Gasteiger partial charge in [0.2, 0.25) is 0 Å². The molecular formula is C13H17ClN2O3. The summed E-state index contributed by atoms with van der Waals surface area (Å²) in [6, 6.07) is 5.00. The molecule has 1 atom stereocenters. The van der Waals surface area contributed by atoms with Gasteiger partial charge in [-0.3, -0.25) is 0 Å². The fourth-order valence-electron chi connectivity index (χ4n) is 1.71. The first-order chi connectivity index (χ1) is 9.01. The van der Waals surface area contributed by atoms with E-state index < -0.39 is 18.0 Å². The topological polar surface area (TPSA) is 69.6 Å². The molecule has 0 bridgehead atoms. The minimum Gasteiger partial charge on any atom is -0.479 e. The maximum atomic E-state index is 11.9. The second-order valence-electron chi connectivity index (χ2n) is 3.91. The highest BCUT2D eigenvalue weighted by Gasteiger charge is 2.25. The number of urea groups is 1. The Morgan fingerprint density at radius 1 is 1.32 bits per heavy atom. The minimum atomic E-state index is -1.15. The van der Waals surface area contributed by atoms with E-state index in [9.17, 15) is 14.7 Å². The van der Waals surface area contributed by atoms with E-state index in [2.05, 4.69) is 5.32 Å². The first kappa shape index (κ1) is 15.3. The van der Waals surface area contributed by atoms with Crippen LogP contribution in [0.25, 0.3) is 0 Å². The Bertz CT molecular complexity index is 461. The highest BCUT2D eigenvalue weighted by Crippen LogP contribution is 2.23. The molecular weight excluding hydrogens is 268 g/mol. The molecule has 0 heterocycles. The SMILES string of the molecule is CCN(CC)C(=O)N[C@@H](C(=O)O)c1ccccc1Cl. The average Bonchev–Trinajstić information content (AvgIpc) is 2.38. The lowest BCUT2D eigenvalue weighted by Crippen LogP contribution is -2.43. The van der Waals surface area contributed by atoms with E-state index in [0.29, 0.717) is 23.7 Å². The third kappa shape index (κ3) is 3.86. The van der Waals surface area contributed by atoms with Crippen molar-refractivity contribution in [3.8, 4) is 0 Å². The molecule has 6 heteroatoms. The van der Waals surface area contributed by atoms with Gasteiger partial charge in [0.15, 0.2) is 6.04 Å². The summed E-state index contributed by atoms with van der Waals surface area (Å²) >= 11 is 5.97. The third-order valence-corrected chi connectivity index (χ3v) is 3.13. The maximum Gasteiger partial charge on any atom is 0.331 e. The van der Waals surface area contributed by atoms with Crippen LogP contribution in [0.15, 0.2) is 24.3 Å². The normalized spacial score (nSPS) is 11.7. The predicted molar refractivity (Wildman–Crippen MR) is 73.3 cm³/mol. The van der Waals surface area contributed by atoms with Gasteiger partial charge in [0.1, 0.15) is 0 Å². The van der Waals surface area contributed by atoms with Crippen LogP contribution in [0.2, 0.25) is 5.02 Å². The number of nitrogens with zero attached hydrogens (tertiary/aromatic N) is 1. The minimum absolute atomic E-state index is 0.315. The van der Waals surface area contributed by atoms with Crippen molar-refractivity contribution in [1.82, 2.24) is 10.2 Å². The third-order valence-electron chi connectivity index (χ3n) is 2.78. The molecule has 104 valence electrons. The zero-order valence-electron chi connectivity index (χ0n) is 10.9. The zero-order chi connectivity index (χ0) is 14.4. The second kappa shape index (κ2) is 6.99. The molecule has 2 amide bonds. The Morgan fingerprint density at radius 2 is 1.89 bits per heavy atom. The second-order valence-corrected chi connectivity index (χ2v) is 4.32. The predicted octanol–water partition coefficient (Wildman–Crippen LogP) is 2.52. The number of benzene rings is 1. The van der Waals surface area contributed by atoms with Crippen LogP contribution in [0.3, 0.4) is 0 Å². The molecule has 2 N–H and O–H groups in total. The van der Waals surface area contributed by atoms with Crippen LogP contribution in [0.4, 0.5) is 4.79 Å². The van der Waals surface area contributed by atoms with Gasteiger partial charge in [-0.15, -0.1) is 0 Å². The lowest BCUT2D eigenvalue weighted by molar-refractivity contribution is -0.139. The van der Waals surface area contributed by atoms with E-state index in [0.717, 1.165) is 0 Å². The molecule has 0 unspecified atom stereocenters. The van der Waals surface area contributed by atoms with E-state index in [1.165, 1.54) is 4.90 Å². The number of hydrogen-bond donors (Lipinski definition) is 2. The van der Waals surface area contributed by atoms with Gasteiger partial charge >= 0.3 is 12.0 Å². The Morgan fingerprint density at radius 3 is 2.37 bits per heavy atom. The van der Waals surface area contributed by atoms with Crippen molar-refractivity contribution >= 4 is 23.6 Å². The fourth-order valence-corrected chi connectivity index (χ4v) is 1.95. The summed E-state index contributed by atoms with van der Waals surface area (Å²) in [5, 5.41) is 12.0. The summed E-state index contributed by atoms with van der Waals surface area (Å²) in [6.45, 7) is 4.68. The van der Waals surface area contributed by atoms with Crippen LogP contribution < -0.4 is 5.32 Å². The Balaban J connectivity index is 2.95. The molecule has 1 rings (SSSR count). The van der Waals surface area contributed by atoms with E-state index in [1.807, 2.05) is 13.8 Å². The van der Waals surface area contributed by atoms with Crippen molar-refractivity contribution in [2.75, 3.05) is 13.1 Å². The maximum absolute atomic E-state index is 11.9. The number of amides is 2. The van der Waals surface area contributed by atoms with E-state index in [1.54, 1.807) is 24.3 Å². The highest BCUT2D eigenvalue weighted by molar-refractivity contribution is 6.31.